The van der Waals surface area contributed by atoms with E-state index in [1.807, 2.05) is 18.3 Å². The van der Waals surface area contributed by atoms with E-state index in [-0.39, 0.29) is 0 Å². The lowest BCUT2D eigenvalue weighted by molar-refractivity contribution is 0.630. The second kappa shape index (κ2) is 3.53. The van der Waals surface area contributed by atoms with Crippen LogP contribution in [0.5, 0.6) is 0 Å². The summed E-state index contributed by atoms with van der Waals surface area (Å²) < 4.78 is 0. The highest BCUT2D eigenvalue weighted by atomic mass is 15.6. The number of rotatable bonds is 2. The van der Waals surface area contributed by atoms with E-state index in [2.05, 4.69) is 27.3 Å². The molecular weight excluding hydrogens is 178 g/mol. The molecule has 2 aromatic rings. The van der Waals surface area contributed by atoms with Crippen molar-refractivity contribution in [3.63, 3.8) is 0 Å². The molecule has 0 saturated heterocycles. The van der Waals surface area contributed by atoms with E-state index >= 15 is 0 Å². The van der Waals surface area contributed by atoms with Gasteiger partial charge in [0.25, 0.3) is 0 Å². The van der Waals surface area contributed by atoms with Crippen LogP contribution in [0.3, 0.4) is 0 Å². The third-order valence-electron chi connectivity index (χ3n) is 1.97. The van der Waals surface area contributed by atoms with Crippen LogP contribution in [-0.2, 0) is 13.5 Å². The zero-order chi connectivity index (χ0) is 9.97. The Kier molecular flexibility index (Phi) is 2.22. The predicted molar refractivity (Wildman–Crippen MR) is 51.4 cm³/mol. The molecule has 0 radical (unpaired) electrons. The van der Waals surface area contributed by atoms with Crippen molar-refractivity contribution in [2.45, 2.75) is 13.3 Å². The van der Waals surface area contributed by atoms with Crippen molar-refractivity contribution in [1.29, 1.82) is 0 Å². The predicted octanol–water partition coefficient (Wildman–Crippen LogP) is 0.834. The summed E-state index contributed by atoms with van der Waals surface area (Å²) in [7, 11) is 1.73. The quantitative estimate of drug-likeness (QED) is 0.702. The van der Waals surface area contributed by atoms with Crippen LogP contribution in [0.15, 0.2) is 18.3 Å². The summed E-state index contributed by atoms with van der Waals surface area (Å²) in [6.45, 7) is 2.09. The van der Waals surface area contributed by atoms with Crippen molar-refractivity contribution >= 4 is 0 Å². The largest absolute Gasteiger partial charge is 0.252 e. The summed E-state index contributed by atoms with van der Waals surface area (Å²) >= 11 is 0. The molecule has 0 aliphatic carbocycles. The Morgan fingerprint density at radius 1 is 1.36 bits per heavy atom. The number of aromatic nitrogens is 5. The number of nitrogens with zero attached hydrogens (tertiary/aromatic N) is 5. The Balaban J connectivity index is 2.33. The minimum absolute atomic E-state index is 0.565. The van der Waals surface area contributed by atoms with Crippen LogP contribution in [0.1, 0.15) is 12.5 Å². The summed E-state index contributed by atoms with van der Waals surface area (Å²) in [4.78, 5) is 5.68. The molecular formula is C9H11N5. The zero-order valence-corrected chi connectivity index (χ0v) is 8.18. The number of hydrogen-bond donors (Lipinski definition) is 0. The van der Waals surface area contributed by atoms with Crippen LogP contribution < -0.4 is 0 Å². The highest BCUT2D eigenvalue weighted by Gasteiger charge is 2.04. The fraction of sp³-hybridized carbons (Fsp3) is 0.333. The van der Waals surface area contributed by atoms with E-state index in [0.717, 1.165) is 12.1 Å². The van der Waals surface area contributed by atoms with Crippen molar-refractivity contribution < 1.29 is 0 Å². The average molecular weight is 189 g/mol. The number of tetrazole rings is 1. The number of aryl methyl sites for hydroxylation is 2. The van der Waals surface area contributed by atoms with E-state index in [1.54, 1.807) is 7.05 Å². The summed E-state index contributed by atoms with van der Waals surface area (Å²) in [5.74, 6) is 0.565. The molecule has 0 N–H and O–H groups in total. The Morgan fingerprint density at radius 2 is 2.21 bits per heavy atom. The van der Waals surface area contributed by atoms with Crippen LogP contribution in [0.25, 0.3) is 11.5 Å². The van der Waals surface area contributed by atoms with E-state index < -0.39 is 0 Å². The van der Waals surface area contributed by atoms with Crippen LogP contribution >= 0.6 is 0 Å². The lowest BCUT2D eigenvalue weighted by Crippen LogP contribution is -1.92. The zero-order valence-electron chi connectivity index (χ0n) is 8.18. The summed E-state index contributed by atoms with van der Waals surface area (Å²) in [6, 6.07) is 3.94. The molecule has 2 heterocycles. The fourth-order valence-corrected chi connectivity index (χ4v) is 1.15. The minimum Gasteiger partial charge on any atom is -0.252 e. The molecule has 0 atom stereocenters. The minimum atomic E-state index is 0.565. The molecule has 0 spiro atoms. The molecule has 0 aromatic carbocycles. The Labute approximate surface area is 81.8 Å². The molecule has 2 rings (SSSR count). The smallest absolute Gasteiger partial charge is 0.223 e. The van der Waals surface area contributed by atoms with Gasteiger partial charge in [-0.05, 0) is 23.3 Å². The SMILES string of the molecule is CCc1ccc(-c2nnn(C)n2)nc1. The molecule has 5 heteroatoms. The van der Waals surface area contributed by atoms with Crippen molar-refractivity contribution in [1.82, 2.24) is 25.2 Å². The standard InChI is InChI=1S/C9H11N5/c1-3-7-4-5-8(10-6-7)9-11-13-14(2)12-9/h4-6H,3H2,1-2H3. The van der Waals surface area contributed by atoms with E-state index in [4.69, 9.17) is 0 Å². The monoisotopic (exact) mass is 189 g/mol. The van der Waals surface area contributed by atoms with Gasteiger partial charge in [-0.3, -0.25) is 4.98 Å². The van der Waals surface area contributed by atoms with Gasteiger partial charge in [0, 0.05) is 6.20 Å². The number of pyridine rings is 1. The van der Waals surface area contributed by atoms with Gasteiger partial charge in [-0.15, -0.1) is 10.2 Å². The highest BCUT2D eigenvalue weighted by Crippen LogP contribution is 2.10. The molecule has 0 aliphatic heterocycles. The topological polar surface area (TPSA) is 56.5 Å². The fourth-order valence-electron chi connectivity index (χ4n) is 1.15. The van der Waals surface area contributed by atoms with Gasteiger partial charge in [-0.2, -0.15) is 4.80 Å². The van der Waals surface area contributed by atoms with Gasteiger partial charge in [0.05, 0.1) is 7.05 Å². The molecule has 0 amide bonds. The Bertz CT molecular complexity index is 417. The van der Waals surface area contributed by atoms with Crippen molar-refractivity contribution in [3.05, 3.63) is 23.9 Å². The first-order chi connectivity index (χ1) is 6.79. The van der Waals surface area contributed by atoms with Crippen LogP contribution in [-0.4, -0.2) is 25.2 Å². The molecule has 72 valence electrons. The van der Waals surface area contributed by atoms with Gasteiger partial charge in [0.1, 0.15) is 5.69 Å². The van der Waals surface area contributed by atoms with Gasteiger partial charge < -0.3 is 0 Å². The molecule has 0 aliphatic rings. The first-order valence-corrected chi connectivity index (χ1v) is 4.49. The maximum atomic E-state index is 4.25. The third-order valence-corrected chi connectivity index (χ3v) is 1.97. The third kappa shape index (κ3) is 1.61. The summed E-state index contributed by atoms with van der Waals surface area (Å²) in [6.07, 6.45) is 2.83. The second-order valence-corrected chi connectivity index (χ2v) is 3.01. The highest BCUT2D eigenvalue weighted by molar-refractivity contribution is 5.47. The van der Waals surface area contributed by atoms with E-state index in [1.165, 1.54) is 10.4 Å². The van der Waals surface area contributed by atoms with Crippen LogP contribution in [0, 0.1) is 0 Å². The maximum Gasteiger partial charge on any atom is 0.223 e. The molecule has 0 bridgehead atoms. The Hall–Kier alpha value is -1.78. The van der Waals surface area contributed by atoms with Gasteiger partial charge in [-0.1, -0.05) is 13.0 Å². The van der Waals surface area contributed by atoms with Crippen LogP contribution in [0.4, 0.5) is 0 Å². The summed E-state index contributed by atoms with van der Waals surface area (Å²) in [5.41, 5.74) is 1.97. The van der Waals surface area contributed by atoms with E-state index in [9.17, 15) is 0 Å². The molecule has 0 unspecified atom stereocenters. The van der Waals surface area contributed by atoms with Gasteiger partial charge in [-0.25, -0.2) is 0 Å². The van der Waals surface area contributed by atoms with Gasteiger partial charge in [0.2, 0.25) is 5.82 Å². The first-order valence-electron chi connectivity index (χ1n) is 4.49. The van der Waals surface area contributed by atoms with Crippen molar-refractivity contribution in [2.24, 2.45) is 7.05 Å². The van der Waals surface area contributed by atoms with Crippen molar-refractivity contribution in [3.8, 4) is 11.5 Å². The Morgan fingerprint density at radius 3 is 2.71 bits per heavy atom. The second-order valence-electron chi connectivity index (χ2n) is 3.01. The molecule has 14 heavy (non-hydrogen) atoms. The van der Waals surface area contributed by atoms with Gasteiger partial charge >= 0.3 is 0 Å². The molecule has 5 nitrogen and oxygen atoms in total. The lowest BCUT2D eigenvalue weighted by atomic mass is 10.2. The normalized spacial score (nSPS) is 10.4. The van der Waals surface area contributed by atoms with E-state index in [0.29, 0.717) is 5.82 Å². The first kappa shape index (κ1) is 8.80. The van der Waals surface area contributed by atoms with Crippen molar-refractivity contribution in [2.75, 3.05) is 0 Å². The van der Waals surface area contributed by atoms with Gasteiger partial charge in [0.15, 0.2) is 0 Å². The molecule has 0 saturated carbocycles. The number of hydrogen-bond acceptors (Lipinski definition) is 4. The maximum absolute atomic E-state index is 4.25. The summed E-state index contributed by atoms with van der Waals surface area (Å²) in [5, 5.41) is 11.7. The molecule has 2 aromatic heterocycles. The molecule has 0 fully saturated rings. The van der Waals surface area contributed by atoms with Crippen LogP contribution in [0.2, 0.25) is 0 Å². The lowest BCUT2D eigenvalue weighted by Gasteiger charge is -1.96. The average Bonchev–Trinajstić information content (AvgIpc) is 2.65.